The average molecular weight is 390 g/mol. The summed E-state index contributed by atoms with van der Waals surface area (Å²) in [7, 11) is 0. The number of anilines is 1. The van der Waals surface area contributed by atoms with Crippen LogP contribution in [0, 0.1) is 13.8 Å². The third kappa shape index (κ3) is 4.18. The first kappa shape index (κ1) is 18.3. The number of halogens is 2. The maximum absolute atomic E-state index is 12.4. The van der Waals surface area contributed by atoms with Crippen molar-refractivity contribution in [1.29, 1.82) is 0 Å². The fraction of sp³-hybridized carbons (Fsp3) is 0.158. The zero-order valence-electron chi connectivity index (χ0n) is 14.3. The summed E-state index contributed by atoms with van der Waals surface area (Å²) in [5, 5.41) is 8.09. The first-order valence-corrected chi connectivity index (χ1v) is 8.68. The predicted molar refractivity (Wildman–Crippen MR) is 103 cm³/mol. The number of benzene rings is 2. The molecule has 3 aromatic rings. The summed E-state index contributed by atoms with van der Waals surface area (Å²) in [6.07, 6.45) is 1.67. The van der Waals surface area contributed by atoms with Gasteiger partial charge in [-0.25, -0.2) is 4.68 Å². The van der Waals surface area contributed by atoms with Gasteiger partial charge < -0.3 is 10.1 Å². The molecule has 0 aliphatic heterocycles. The predicted octanol–water partition coefficient (Wildman–Crippen LogP) is 5.10. The second-order valence-electron chi connectivity index (χ2n) is 5.81. The van der Waals surface area contributed by atoms with Crippen molar-refractivity contribution >= 4 is 34.8 Å². The quantitative estimate of drug-likeness (QED) is 0.660. The van der Waals surface area contributed by atoms with E-state index in [0.29, 0.717) is 21.5 Å². The summed E-state index contributed by atoms with van der Waals surface area (Å²) in [5.74, 6) is 0.221. The highest BCUT2D eigenvalue weighted by Gasteiger charge is 2.13. The van der Waals surface area contributed by atoms with Crippen LogP contribution in [0.3, 0.4) is 0 Å². The number of nitrogens with zero attached hydrogens (tertiary/aromatic N) is 2. The van der Waals surface area contributed by atoms with E-state index in [-0.39, 0.29) is 12.6 Å². The number of amides is 1. The van der Waals surface area contributed by atoms with Gasteiger partial charge in [0.2, 0.25) is 0 Å². The molecule has 0 fully saturated rings. The van der Waals surface area contributed by atoms with Crippen LogP contribution in [0.5, 0.6) is 5.75 Å². The minimum absolute atomic E-state index is 0.123. The van der Waals surface area contributed by atoms with Gasteiger partial charge in [-0.1, -0.05) is 41.4 Å². The van der Waals surface area contributed by atoms with Crippen molar-refractivity contribution in [3.05, 3.63) is 75.5 Å². The van der Waals surface area contributed by atoms with E-state index in [1.165, 1.54) is 4.68 Å². The van der Waals surface area contributed by atoms with Crippen LogP contribution in [0.2, 0.25) is 10.0 Å². The minimum atomic E-state index is -0.273. The molecule has 1 amide bonds. The summed E-state index contributed by atoms with van der Waals surface area (Å²) in [4.78, 5) is 12.4. The first-order chi connectivity index (χ1) is 12.4. The SMILES string of the molecule is Cc1cccc(C)c1NC(=O)c1ccn(COc2ccc(Cl)cc2Cl)n1. The Morgan fingerprint density at radius 3 is 2.58 bits per heavy atom. The van der Waals surface area contributed by atoms with Crippen LogP contribution in [0.15, 0.2) is 48.7 Å². The lowest BCUT2D eigenvalue weighted by molar-refractivity contribution is 0.102. The molecule has 0 atom stereocenters. The molecule has 2 aromatic carbocycles. The van der Waals surface area contributed by atoms with Crippen molar-refractivity contribution in [3.8, 4) is 5.75 Å². The van der Waals surface area contributed by atoms with Gasteiger partial charge in [0.1, 0.15) is 5.75 Å². The Bertz CT molecular complexity index is 933. The van der Waals surface area contributed by atoms with Gasteiger partial charge in [0.05, 0.1) is 5.02 Å². The Labute approximate surface area is 161 Å². The monoisotopic (exact) mass is 389 g/mol. The molecule has 0 bridgehead atoms. The molecule has 26 heavy (non-hydrogen) atoms. The van der Waals surface area contributed by atoms with E-state index >= 15 is 0 Å². The topological polar surface area (TPSA) is 56.2 Å². The Kier molecular flexibility index (Phi) is 5.49. The van der Waals surface area contributed by atoms with E-state index in [1.54, 1.807) is 30.5 Å². The van der Waals surface area contributed by atoms with E-state index in [1.807, 2.05) is 32.0 Å². The summed E-state index contributed by atoms with van der Waals surface area (Å²) < 4.78 is 7.12. The van der Waals surface area contributed by atoms with Gasteiger partial charge in [-0.2, -0.15) is 5.10 Å². The summed E-state index contributed by atoms with van der Waals surface area (Å²) in [6.45, 7) is 4.02. The highest BCUT2D eigenvalue weighted by molar-refractivity contribution is 6.35. The van der Waals surface area contributed by atoms with Gasteiger partial charge in [0.25, 0.3) is 5.91 Å². The van der Waals surface area contributed by atoms with Crippen LogP contribution in [-0.4, -0.2) is 15.7 Å². The molecule has 134 valence electrons. The summed E-state index contributed by atoms with van der Waals surface area (Å²) in [5.41, 5.74) is 3.10. The second-order valence-corrected chi connectivity index (χ2v) is 6.65. The van der Waals surface area contributed by atoms with Crippen molar-refractivity contribution < 1.29 is 9.53 Å². The van der Waals surface area contributed by atoms with Crippen molar-refractivity contribution in [2.75, 3.05) is 5.32 Å². The molecular weight excluding hydrogens is 373 g/mol. The molecule has 0 spiro atoms. The maximum atomic E-state index is 12.4. The van der Waals surface area contributed by atoms with E-state index in [4.69, 9.17) is 27.9 Å². The molecule has 1 aromatic heterocycles. The third-order valence-corrected chi connectivity index (χ3v) is 4.37. The van der Waals surface area contributed by atoms with Crippen LogP contribution in [-0.2, 0) is 6.73 Å². The number of ether oxygens (including phenoxy) is 1. The Balaban J connectivity index is 1.66. The maximum Gasteiger partial charge on any atom is 0.276 e. The van der Waals surface area contributed by atoms with E-state index < -0.39 is 0 Å². The summed E-state index contributed by atoms with van der Waals surface area (Å²) in [6, 6.07) is 12.5. The van der Waals surface area contributed by atoms with Crippen LogP contribution in [0.4, 0.5) is 5.69 Å². The van der Waals surface area contributed by atoms with Gasteiger partial charge in [0.15, 0.2) is 12.4 Å². The van der Waals surface area contributed by atoms with Gasteiger partial charge in [-0.3, -0.25) is 4.79 Å². The fourth-order valence-corrected chi connectivity index (χ4v) is 2.93. The van der Waals surface area contributed by atoms with Crippen molar-refractivity contribution in [3.63, 3.8) is 0 Å². The molecular formula is C19H17Cl2N3O2. The number of para-hydroxylation sites is 1. The van der Waals surface area contributed by atoms with E-state index in [9.17, 15) is 4.79 Å². The van der Waals surface area contributed by atoms with E-state index in [2.05, 4.69) is 10.4 Å². The number of aromatic nitrogens is 2. The molecule has 0 aliphatic rings. The number of hydrogen-bond acceptors (Lipinski definition) is 3. The zero-order chi connectivity index (χ0) is 18.7. The van der Waals surface area contributed by atoms with Gasteiger partial charge in [-0.15, -0.1) is 0 Å². The molecule has 0 saturated carbocycles. The highest BCUT2D eigenvalue weighted by atomic mass is 35.5. The number of carbonyl (C=O) groups excluding carboxylic acids is 1. The van der Waals surface area contributed by atoms with Gasteiger partial charge >= 0.3 is 0 Å². The molecule has 0 aliphatic carbocycles. The molecule has 7 heteroatoms. The molecule has 1 heterocycles. The van der Waals surface area contributed by atoms with Gasteiger partial charge in [-0.05, 0) is 49.2 Å². The number of carbonyl (C=O) groups is 1. The Hall–Kier alpha value is -2.50. The zero-order valence-corrected chi connectivity index (χ0v) is 15.8. The smallest absolute Gasteiger partial charge is 0.276 e. The lowest BCUT2D eigenvalue weighted by Crippen LogP contribution is -2.15. The standard InChI is InChI=1S/C19H17Cl2N3O2/c1-12-4-3-5-13(2)18(12)22-19(25)16-8-9-24(23-16)11-26-17-7-6-14(20)10-15(17)21/h3-10H,11H2,1-2H3,(H,22,25). The molecule has 0 radical (unpaired) electrons. The second kappa shape index (κ2) is 7.81. The number of rotatable bonds is 5. The Morgan fingerprint density at radius 1 is 1.15 bits per heavy atom. The van der Waals surface area contributed by atoms with Crippen LogP contribution >= 0.6 is 23.2 Å². The molecule has 3 rings (SSSR count). The number of aryl methyl sites for hydroxylation is 2. The van der Waals surface area contributed by atoms with Crippen molar-refractivity contribution in [2.24, 2.45) is 0 Å². The molecule has 0 saturated heterocycles. The Morgan fingerprint density at radius 2 is 1.88 bits per heavy atom. The lowest BCUT2D eigenvalue weighted by Gasteiger charge is -2.10. The summed E-state index contributed by atoms with van der Waals surface area (Å²) >= 11 is 11.9. The van der Waals surface area contributed by atoms with Crippen molar-refractivity contribution in [2.45, 2.75) is 20.6 Å². The largest absolute Gasteiger partial charge is 0.470 e. The third-order valence-electron chi connectivity index (χ3n) is 3.84. The van der Waals surface area contributed by atoms with Gasteiger partial charge in [0, 0.05) is 16.9 Å². The van der Waals surface area contributed by atoms with Crippen molar-refractivity contribution in [1.82, 2.24) is 9.78 Å². The van der Waals surface area contributed by atoms with Crippen LogP contribution in [0.25, 0.3) is 0 Å². The normalized spacial score (nSPS) is 10.6. The highest BCUT2D eigenvalue weighted by Crippen LogP contribution is 2.27. The fourth-order valence-electron chi connectivity index (χ4n) is 2.47. The molecule has 5 nitrogen and oxygen atoms in total. The number of hydrogen-bond donors (Lipinski definition) is 1. The van der Waals surface area contributed by atoms with Crippen LogP contribution in [0.1, 0.15) is 21.6 Å². The van der Waals surface area contributed by atoms with Crippen LogP contribution < -0.4 is 10.1 Å². The first-order valence-electron chi connectivity index (χ1n) is 7.93. The minimum Gasteiger partial charge on any atom is -0.470 e. The average Bonchev–Trinajstić information content (AvgIpc) is 3.06. The molecule has 0 unspecified atom stereocenters. The lowest BCUT2D eigenvalue weighted by atomic mass is 10.1. The molecule has 1 N–H and O–H groups in total. The van der Waals surface area contributed by atoms with E-state index in [0.717, 1.165) is 16.8 Å². The number of nitrogens with one attached hydrogen (secondary N) is 1.